The smallest absolute Gasteiger partial charge is 0.285 e. The number of hydrogen-bond acceptors (Lipinski definition) is 4. The van der Waals surface area contributed by atoms with Crippen LogP contribution < -0.4 is 0 Å². The van der Waals surface area contributed by atoms with Crippen LogP contribution in [-0.2, 0) is 14.6 Å². The van der Waals surface area contributed by atoms with Gasteiger partial charge in [0.1, 0.15) is 4.91 Å². The highest BCUT2D eigenvalue weighted by molar-refractivity contribution is 7.96. The number of sulfone groups is 1. The molecule has 0 radical (unpaired) electrons. The molecule has 0 unspecified atom stereocenters. The molecule has 0 saturated heterocycles. The van der Waals surface area contributed by atoms with E-state index in [0.29, 0.717) is 16.2 Å². The normalized spacial score (nSPS) is 17.3. The molecule has 1 N–H and O–H groups in total. The Morgan fingerprint density at radius 3 is 2.08 bits per heavy atom. The number of hydrogen-bond donors (Lipinski definition) is 1. The average Bonchev–Trinajstić information content (AvgIpc) is 2.76. The quantitative estimate of drug-likeness (QED) is 0.856. The first-order valence-electron chi connectivity index (χ1n) is 7.82. The van der Waals surface area contributed by atoms with Crippen molar-refractivity contribution in [2.75, 3.05) is 0 Å². The van der Waals surface area contributed by atoms with E-state index in [0.717, 1.165) is 5.56 Å². The molecule has 25 heavy (non-hydrogen) atoms. The lowest BCUT2D eigenvalue weighted by atomic mass is 9.90. The number of benzene rings is 2. The molecule has 0 saturated carbocycles. The summed E-state index contributed by atoms with van der Waals surface area (Å²) < 4.78 is 26.3. The van der Waals surface area contributed by atoms with Gasteiger partial charge in [-0.2, -0.15) is 0 Å². The third-order valence-electron chi connectivity index (χ3n) is 4.42. The zero-order valence-corrected chi connectivity index (χ0v) is 15.0. The van der Waals surface area contributed by atoms with Crippen molar-refractivity contribution in [2.24, 2.45) is 0 Å². The molecule has 6 heteroatoms. The van der Waals surface area contributed by atoms with E-state index in [1.54, 1.807) is 56.3 Å². The molecule has 2 aromatic rings. The second-order valence-corrected chi connectivity index (χ2v) is 8.45. The second-order valence-electron chi connectivity index (χ2n) is 6.56. The fourth-order valence-corrected chi connectivity index (χ4v) is 4.70. The first kappa shape index (κ1) is 17.4. The monoisotopic (exact) mass is 357 g/mol. The van der Waals surface area contributed by atoms with Gasteiger partial charge in [0.2, 0.25) is 9.84 Å². The number of carbonyl (C=O) groups is 1. The molecule has 3 rings (SSSR count). The number of rotatable bonds is 3. The van der Waals surface area contributed by atoms with Crippen LogP contribution >= 0.6 is 0 Å². The predicted molar refractivity (Wildman–Crippen MR) is 94.4 cm³/mol. The van der Waals surface area contributed by atoms with Crippen molar-refractivity contribution in [3.8, 4) is 0 Å². The average molecular weight is 357 g/mol. The van der Waals surface area contributed by atoms with Crippen LogP contribution in [0.15, 0.2) is 64.4 Å². The molecular weight excluding hydrogens is 338 g/mol. The number of carbonyl (C=O) groups excluding carboxylic acids is 1. The lowest BCUT2D eigenvalue weighted by Crippen LogP contribution is -2.40. The molecule has 1 amide bonds. The largest absolute Gasteiger partial charge is 0.290 e. The van der Waals surface area contributed by atoms with Crippen molar-refractivity contribution >= 4 is 21.3 Å². The van der Waals surface area contributed by atoms with Crippen molar-refractivity contribution in [2.45, 2.75) is 31.2 Å². The summed E-state index contributed by atoms with van der Waals surface area (Å²) in [5.41, 5.74) is 0.633. The van der Waals surface area contributed by atoms with Crippen LogP contribution in [0.25, 0.3) is 5.57 Å². The summed E-state index contributed by atoms with van der Waals surface area (Å²) in [6.07, 6.45) is 0. The molecule has 0 spiro atoms. The summed E-state index contributed by atoms with van der Waals surface area (Å²) in [6.45, 7) is 5.08. The summed E-state index contributed by atoms with van der Waals surface area (Å²) in [7, 11) is -4.08. The van der Waals surface area contributed by atoms with E-state index in [2.05, 4.69) is 0 Å². The summed E-state index contributed by atoms with van der Waals surface area (Å²) in [5.74, 6) is -0.913. The molecule has 0 fully saturated rings. The summed E-state index contributed by atoms with van der Waals surface area (Å²) in [6, 6.07) is 15.1. The van der Waals surface area contributed by atoms with Crippen molar-refractivity contribution < 1.29 is 18.4 Å². The fourth-order valence-electron chi connectivity index (χ4n) is 3.01. The first-order valence-corrected chi connectivity index (χ1v) is 9.31. The standard InChI is InChI=1S/C19H19NO4S/c1-13-9-11-15(12-10-13)25(23,24)17-16(14-7-5-4-6-8-14)19(2,3)20(22)18(17)21/h4-12,22H,1-3H3. The Labute approximate surface area is 147 Å². The minimum absolute atomic E-state index is 0.0287. The maximum atomic E-state index is 13.2. The van der Waals surface area contributed by atoms with Crippen molar-refractivity contribution in [1.82, 2.24) is 5.06 Å². The van der Waals surface area contributed by atoms with Gasteiger partial charge in [-0.05, 0) is 38.5 Å². The maximum Gasteiger partial charge on any atom is 0.290 e. The van der Waals surface area contributed by atoms with Crippen LogP contribution in [0.2, 0.25) is 0 Å². The molecule has 130 valence electrons. The summed E-state index contributed by atoms with van der Waals surface area (Å²) >= 11 is 0. The predicted octanol–water partition coefficient (Wildman–Crippen LogP) is 3.19. The highest BCUT2D eigenvalue weighted by Gasteiger charge is 2.50. The molecular formula is C19H19NO4S. The van der Waals surface area contributed by atoms with Crippen molar-refractivity contribution in [1.29, 1.82) is 0 Å². The lowest BCUT2D eigenvalue weighted by molar-refractivity contribution is -0.171. The lowest BCUT2D eigenvalue weighted by Gasteiger charge is -2.28. The summed E-state index contributed by atoms with van der Waals surface area (Å²) in [4.78, 5) is 12.3. The number of aryl methyl sites for hydroxylation is 1. The van der Waals surface area contributed by atoms with Crippen molar-refractivity contribution in [3.63, 3.8) is 0 Å². The Bertz CT molecular complexity index is 958. The Balaban J connectivity index is 2.32. The van der Waals surface area contributed by atoms with Crippen molar-refractivity contribution in [3.05, 3.63) is 70.6 Å². The first-order chi connectivity index (χ1) is 11.7. The number of nitrogens with zero attached hydrogens (tertiary/aromatic N) is 1. The van der Waals surface area contributed by atoms with E-state index >= 15 is 0 Å². The topological polar surface area (TPSA) is 74.7 Å². The van der Waals surface area contributed by atoms with Gasteiger partial charge in [0.25, 0.3) is 5.91 Å². The van der Waals surface area contributed by atoms with E-state index in [4.69, 9.17) is 0 Å². The fraction of sp³-hybridized carbons (Fsp3) is 0.211. The SMILES string of the molecule is Cc1ccc(S(=O)(=O)C2=C(c3ccccc3)C(C)(C)N(O)C2=O)cc1. The molecule has 2 aromatic carbocycles. The third-order valence-corrected chi connectivity index (χ3v) is 6.23. The molecule has 0 atom stereocenters. The molecule has 0 aromatic heterocycles. The van der Waals surface area contributed by atoms with Gasteiger partial charge in [-0.15, -0.1) is 0 Å². The van der Waals surface area contributed by atoms with Crippen LogP contribution in [0.4, 0.5) is 0 Å². The van der Waals surface area contributed by atoms with E-state index in [9.17, 15) is 18.4 Å². The minimum atomic E-state index is -4.08. The molecule has 0 aliphatic carbocycles. The Morgan fingerprint density at radius 1 is 0.960 bits per heavy atom. The third kappa shape index (κ3) is 2.67. The zero-order valence-electron chi connectivity index (χ0n) is 14.2. The van der Waals surface area contributed by atoms with Crippen LogP contribution in [0.1, 0.15) is 25.0 Å². The van der Waals surface area contributed by atoms with Gasteiger partial charge in [-0.1, -0.05) is 48.0 Å². The van der Waals surface area contributed by atoms with E-state index < -0.39 is 21.3 Å². The van der Waals surface area contributed by atoms with Crippen LogP contribution in [0.5, 0.6) is 0 Å². The van der Waals surface area contributed by atoms with Gasteiger partial charge in [0.05, 0.1) is 10.4 Å². The van der Waals surface area contributed by atoms with Gasteiger partial charge in [-0.3, -0.25) is 10.0 Å². The van der Waals surface area contributed by atoms with E-state index in [1.807, 2.05) is 6.92 Å². The molecule has 5 nitrogen and oxygen atoms in total. The van der Waals surface area contributed by atoms with Gasteiger partial charge >= 0.3 is 0 Å². The molecule has 1 heterocycles. The summed E-state index contributed by atoms with van der Waals surface area (Å²) in [5, 5.41) is 10.8. The van der Waals surface area contributed by atoms with Crippen LogP contribution in [0, 0.1) is 6.92 Å². The molecule has 1 aliphatic heterocycles. The zero-order chi connectivity index (χ0) is 18.4. The molecule has 0 bridgehead atoms. The van der Waals surface area contributed by atoms with Gasteiger partial charge in [0.15, 0.2) is 0 Å². The van der Waals surface area contributed by atoms with Gasteiger partial charge < -0.3 is 0 Å². The number of amides is 1. The van der Waals surface area contributed by atoms with Gasteiger partial charge in [0, 0.05) is 5.57 Å². The maximum absolute atomic E-state index is 13.2. The van der Waals surface area contributed by atoms with E-state index in [1.165, 1.54) is 12.1 Å². The van der Waals surface area contributed by atoms with Crippen LogP contribution in [-0.4, -0.2) is 30.1 Å². The Hall–Kier alpha value is -2.44. The second kappa shape index (κ2) is 5.82. The highest BCUT2D eigenvalue weighted by atomic mass is 32.2. The number of hydroxylamine groups is 2. The Morgan fingerprint density at radius 2 is 1.52 bits per heavy atom. The Kier molecular flexibility index (Phi) is 4.05. The van der Waals surface area contributed by atoms with E-state index in [-0.39, 0.29) is 9.80 Å². The van der Waals surface area contributed by atoms with Crippen LogP contribution in [0.3, 0.4) is 0 Å². The molecule has 1 aliphatic rings. The minimum Gasteiger partial charge on any atom is -0.285 e. The van der Waals surface area contributed by atoms with Gasteiger partial charge in [-0.25, -0.2) is 13.5 Å². The highest BCUT2D eigenvalue weighted by Crippen LogP contribution is 2.44.